The topological polar surface area (TPSA) is 80.4 Å². The van der Waals surface area contributed by atoms with Crippen molar-refractivity contribution in [2.24, 2.45) is 5.73 Å². The van der Waals surface area contributed by atoms with E-state index in [0.29, 0.717) is 35.1 Å². The van der Waals surface area contributed by atoms with E-state index in [4.69, 9.17) is 5.73 Å². The first-order valence-electron chi connectivity index (χ1n) is 17.9. The van der Waals surface area contributed by atoms with Crippen LogP contribution in [0.15, 0.2) is 133 Å². The largest absolute Gasteiger partial charge is 0.478 e. The average Bonchev–Trinajstić information content (AvgIpc) is 3.81. The summed E-state index contributed by atoms with van der Waals surface area (Å²) in [6.07, 6.45) is -8.17. The maximum absolute atomic E-state index is 14.5. The Morgan fingerprint density at radius 1 is 0.517 bits per heavy atom. The summed E-state index contributed by atoms with van der Waals surface area (Å²) in [6, 6.07) is 32.4. The standard InChI is InChI=1S/C23H15F4NOS.C23H14F4O2S/c2*24-20-8-7-15(22(28)29)12-19(20)18-6-2-4-14-11-17(30-21(14)18)10-13-3-1-5-16(9-13)23(25,26)27/h1-9,11-12H,10H2,(H2,28,29);1-9,11-12H,10H2,(H,28,29). The van der Waals surface area contributed by atoms with Gasteiger partial charge >= 0.3 is 18.3 Å². The molecule has 60 heavy (non-hydrogen) atoms. The minimum absolute atomic E-state index is 0.0239. The number of aromatic carboxylic acids is 1. The second-order valence-electron chi connectivity index (χ2n) is 13.7. The lowest BCUT2D eigenvalue weighted by atomic mass is 10.0. The molecule has 0 aliphatic carbocycles. The van der Waals surface area contributed by atoms with E-state index in [1.807, 2.05) is 24.3 Å². The lowest BCUT2D eigenvalue weighted by molar-refractivity contribution is -0.138. The number of thiophene rings is 2. The molecule has 3 N–H and O–H groups in total. The molecule has 8 rings (SSSR count). The fourth-order valence-electron chi connectivity index (χ4n) is 6.70. The Morgan fingerprint density at radius 3 is 1.35 bits per heavy atom. The van der Waals surface area contributed by atoms with Gasteiger partial charge in [0, 0.05) is 59.8 Å². The quantitative estimate of drug-likeness (QED) is 0.149. The van der Waals surface area contributed by atoms with Gasteiger partial charge in [-0.25, -0.2) is 13.6 Å². The van der Waals surface area contributed by atoms with Gasteiger partial charge < -0.3 is 10.8 Å². The van der Waals surface area contributed by atoms with Gasteiger partial charge in [-0.05, 0) is 82.6 Å². The van der Waals surface area contributed by atoms with Crippen LogP contribution >= 0.6 is 22.7 Å². The molecule has 2 aromatic heterocycles. The van der Waals surface area contributed by atoms with Crippen LogP contribution in [0.5, 0.6) is 0 Å². The number of amides is 1. The summed E-state index contributed by atoms with van der Waals surface area (Å²) in [6.45, 7) is 0. The molecule has 14 heteroatoms. The van der Waals surface area contributed by atoms with Gasteiger partial charge in [0.05, 0.1) is 16.7 Å². The Balaban J connectivity index is 0.000000181. The lowest BCUT2D eigenvalue weighted by Gasteiger charge is -2.08. The molecule has 304 valence electrons. The van der Waals surface area contributed by atoms with Gasteiger partial charge in [-0.15, -0.1) is 22.7 Å². The van der Waals surface area contributed by atoms with E-state index in [0.717, 1.165) is 60.3 Å². The van der Waals surface area contributed by atoms with Crippen LogP contribution in [0.3, 0.4) is 0 Å². The summed E-state index contributed by atoms with van der Waals surface area (Å²) in [5, 5.41) is 10.9. The van der Waals surface area contributed by atoms with E-state index in [1.165, 1.54) is 65.1 Å². The third kappa shape index (κ3) is 9.24. The molecule has 8 aromatic rings. The first-order valence-corrected chi connectivity index (χ1v) is 19.6. The van der Waals surface area contributed by atoms with Gasteiger partial charge in [0.1, 0.15) is 11.6 Å². The van der Waals surface area contributed by atoms with Crippen molar-refractivity contribution in [1.29, 1.82) is 0 Å². The van der Waals surface area contributed by atoms with Crippen LogP contribution in [0.1, 0.15) is 52.7 Å². The summed E-state index contributed by atoms with van der Waals surface area (Å²) in [5.74, 6) is -2.83. The Hall–Kier alpha value is -6.38. The van der Waals surface area contributed by atoms with Crippen LogP contribution in [0.25, 0.3) is 42.4 Å². The van der Waals surface area contributed by atoms with Crippen LogP contribution in [-0.4, -0.2) is 17.0 Å². The van der Waals surface area contributed by atoms with Crippen LogP contribution in [0.4, 0.5) is 35.1 Å². The van der Waals surface area contributed by atoms with Crippen molar-refractivity contribution >= 4 is 54.7 Å². The number of carboxylic acids is 1. The van der Waals surface area contributed by atoms with Crippen molar-refractivity contribution in [1.82, 2.24) is 0 Å². The maximum atomic E-state index is 14.5. The van der Waals surface area contributed by atoms with Crippen molar-refractivity contribution in [3.8, 4) is 22.3 Å². The molecule has 0 spiro atoms. The Morgan fingerprint density at radius 2 is 0.933 bits per heavy atom. The number of carboxylic acid groups (broad SMARTS) is 1. The third-order valence-electron chi connectivity index (χ3n) is 9.50. The lowest BCUT2D eigenvalue weighted by Crippen LogP contribution is -2.11. The Bertz CT molecular complexity index is 2720. The number of rotatable bonds is 8. The number of nitrogens with two attached hydrogens (primary N) is 1. The number of hydrogen-bond donors (Lipinski definition) is 2. The Labute approximate surface area is 344 Å². The molecule has 2 heterocycles. The number of fused-ring (bicyclic) bond motifs is 2. The van der Waals surface area contributed by atoms with Crippen LogP contribution in [0, 0.1) is 11.6 Å². The van der Waals surface area contributed by atoms with Gasteiger partial charge in [-0.2, -0.15) is 26.3 Å². The predicted octanol–water partition coefficient (Wildman–Crippen LogP) is 13.4. The monoisotopic (exact) mass is 859 g/mol. The zero-order chi connectivity index (χ0) is 42.9. The van der Waals surface area contributed by atoms with Gasteiger partial charge in [0.25, 0.3) is 0 Å². The van der Waals surface area contributed by atoms with E-state index in [1.54, 1.807) is 36.4 Å². The van der Waals surface area contributed by atoms with Crippen molar-refractivity contribution in [3.63, 3.8) is 0 Å². The van der Waals surface area contributed by atoms with E-state index in [-0.39, 0.29) is 22.3 Å². The van der Waals surface area contributed by atoms with E-state index < -0.39 is 47.0 Å². The molecule has 4 nitrogen and oxygen atoms in total. The molecule has 0 aliphatic rings. The fraction of sp³-hybridized carbons (Fsp3) is 0.0870. The molecular formula is C46H29F8NO3S2. The molecule has 0 fully saturated rings. The highest BCUT2D eigenvalue weighted by Crippen LogP contribution is 2.40. The minimum atomic E-state index is -4.41. The van der Waals surface area contributed by atoms with Gasteiger partial charge in [0.2, 0.25) is 5.91 Å². The molecular weight excluding hydrogens is 831 g/mol. The fourth-order valence-corrected chi connectivity index (χ4v) is 9.14. The molecule has 0 unspecified atom stereocenters. The summed E-state index contributed by atoms with van der Waals surface area (Å²) in [5.41, 5.74) is 6.75. The van der Waals surface area contributed by atoms with Crippen molar-refractivity contribution in [3.05, 3.63) is 188 Å². The summed E-state index contributed by atoms with van der Waals surface area (Å²) in [4.78, 5) is 24.4. The molecule has 6 aromatic carbocycles. The zero-order valence-electron chi connectivity index (χ0n) is 30.8. The van der Waals surface area contributed by atoms with E-state index >= 15 is 0 Å². The molecule has 1 amide bonds. The molecule has 0 aliphatic heterocycles. The summed E-state index contributed by atoms with van der Waals surface area (Å²) >= 11 is 2.74. The first kappa shape index (κ1) is 41.8. The third-order valence-corrected chi connectivity index (χ3v) is 11.9. The summed E-state index contributed by atoms with van der Waals surface area (Å²) in [7, 11) is 0. The SMILES string of the molecule is NC(=O)c1ccc(F)c(-c2cccc3cc(Cc4cccc(C(F)(F)F)c4)sc23)c1.O=C(O)c1ccc(F)c(-c2cccc3cc(Cc4cccc(C(F)(F)F)c4)sc23)c1. The molecule has 0 atom stereocenters. The number of carbonyl (C=O) groups is 2. The highest BCUT2D eigenvalue weighted by molar-refractivity contribution is 7.20. The minimum Gasteiger partial charge on any atom is -0.478 e. The molecule has 0 bridgehead atoms. The number of benzene rings is 6. The number of carbonyl (C=O) groups excluding carboxylic acids is 1. The Kier molecular flexibility index (Phi) is 11.6. The van der Waals surface area contributed by atoms with E-state index in [2.05, 4.69) is 0 Å². The van der Waals surface area contributed by atoms with Crippen LogP contribution in [0.2, 0.25) is 0 Å². The van der Waals surface area contributed by atoms with Crippen LogP contribution in [-0.2, 0) is 25.2 Å². The molecule has 0 radical (unpaired) electrons. The second-order valence-corrected chi connectivity index (χ2v) is 16.0. The number of primary amides is 1. The van der Waals surface area contributed by atoms with Gasteiger partial charge in [-0.1, -0.05) is 72.8 Å². The number of alkyl halides is 6. The average molecular weight is 860 g/mol. The summed E-state index contributed by atoms with van der Waals surface area (Å²) < 4.78 is 108. The van der Waals surface area contributed by atoms with E-state index in [9.17, 15) is 49.8 Å². The first-order chi connectivity index (χ1) is 28.4. The smallest absolute Gasteiger partial charge is 0.416 e. The zero-order valence-corrected chi connectivity index (χ0v) is 32.4. The number of halogens is 8. The normalized spacial score (nSPS) is 11.7. The number of hydrogen-bond acceptors (Lipinski definition) is 4. The molecule has 0 saturated carbocycles. The maximum Gasteiger partial charge on any atom is 0.416 e. The van der Waals surface area contributed by atoms with Gasteiger partial charge in [0.15, 0.2) is 0 Å². The van der Waals surface area contributed by atoms with Crippen molar-refractivity contribution < 1.29 is 49.8 Å². The highest BCUT2D eigenvalue weighted by atomic mass is 32.1. The van der Waals surface area contributed by atoms with Crippen molar-refractivity contribution in [2.45, 2.75) is 25.2 Å². The van der Waals surface area contributed by atoms with Crippen molar-refractivity contribution in [2.75, 3.05) is 0 Å². The van der Waals surface area contributed by atoms with Crippen LogP contribution < -0.4 is 5.73 Å². The molecule has 0 saturated heterocycles. The van der Waals surface area contributed by atoms with Gasteiger partial charge in [-0.3, -0.25) is 4.79 Å². The second kappa shape index (κ2) is 16.7. The highest BCUT2D eigenvalue weighted by Gasteiger charge is 2.31. The predicted molar refractivity (Wildman–Crippen MR) is 218 cm³/mol.